The maximum absolute atomic E-state index is 12.2. The van der Waals surface area contributed by atoms with Gasteiger partial charge in [0, 0.05) is 12.5 Å². The highest BCUT2D eigenvalue weighted by Crippen LogP contribution is 2.57. The number of rotatable bonds is 4. The minimum Gasteiger partial charge on any atom is -0.317 e. The first-order chi connectivity index (χ1) is 7.53. The average Bonchev–Trinajstić information content (AvgIpc) is 2.92. The Hall–Kier alpha value is -0.250. The Labute approximate surface area is 94.8 Å². The molecule has 0 saturated heterocycles. The van der Waals surface area contributed by atoms with E-state index >= 15 is 0 Å². The molecule has 0 amide bonds. The summed E-state index contributed by atoms with van der Waals surface area (Å²) in [5, 5.41) is 3.09. The van der Waals surface area contributed by atoms with Crippen LogP contribution in [0.25, 0.3) is 0 Å². The molecule has 0 aromatic carbocycles. The van der Waals surface area contributed by atoms with Crippen LogP contribution in [0.4, 0.5) is 13.2 Å². The van der Waals surface area contributed by atoms with E-state index in [0.717, 1.165) is 11.8 Å². The predicted molar refractivity (Wildman–Crippen MR) is 57.1 cm³/mol. The van der Waals surface area contributed by atoms with Gasteiger partial charge in [0.15, 0.2) is 0 Å². The monoisotopic (exact) mass is 235 g/mol. The second-order valence-electron chi connectivity index (χ2n) is 5.24. The molecule has 2 aliphatic carbocycles. The summed E-state index contributed by atoms with van der Waals surface area (Å²) in [5.41, 5.74) is 0. The van der Waals surface area contributed by atoms with Gasteiger partial charge in [0.1, 0.15) is 0 Å². The van der Waals surface area contributed by atoms with E-state index in [1.807, 2.05) is 0 Å². The summed E-state index contributed by atoms with van der Waals surface area (Å²) < 4.78 is 36.5. The van der Waals surface area contributed by atoms with Crippen molar-refractivity contribution < 1.29 is 13.2 Å². The Morgan fingerprint density at radius 1 is 1.19 bits per heavy atom. The van der Waals surface area contributed by atoms with Gasteiger partial charge in [0.2, 0.25) is 0 Å². The lowest BCUT2D eigenvalue weighted by molar-refractivity contribution is -0.136. The Balaban J connectivity index is 1.82. The molecule has 2 fully saturated rings. The summed E-state index contributed by atoms with van der Waals surface area (Å²) in [6.45, 7) is 0. The lowest BCUT2D eigenvalue weighted by Gasteiger charge is -2.17. The predicted octanol–water partition coefficient (Wildman–Crippen LogP) is 3.35. The van der Waals surface area contributed by atoms with Crippen LogP contribution >= 0.6 is 0 Å². The zero-order valence-corrected chi connectivity index (χ0v) is 9.69. The van der Waals surface area contributed by atoms with Crippen molar-refractivity contribution >= 4 is 0 Å². The number of nitrogens with one attached hydrogen (secondary N) is 1. The van der Waals surface area contributed by atoms with Crippen LogP contribution in [-0.2, 0) is 0 Å². The lowest BCUT2D eigenvalue weighted by atomic mass is 10.0. The molecule has 2 rings (SSSR count). The summed E-state index contributed by atoms with van der Waals surface area (Å²) in [6.07, 6.45) is 0.612. The number of fused-ring (bicyclic) bond motifs is 1. The summed E-state index contributed by atoms with van der Waals surface area (Å²) >= 11 is 0. The second-order valence-corrected chi connectivity index (χ2v) is 5.24. The van der Waals surface area contributed by atoms with Gasteiger partial charge in [0.25, 0.3) is 0 Å². The van der Waals surface area contributed by atoms with Crippen LogP contribution in [0, 0.1) is 17.8 Å². The molecule has 3 unspecified atom stereocenters. The minimum atomic E-state index is -4.00. The highest BCUT2D eigenvalue weighted by molar-refractivity contribution is 5.04. The van der Waals surface area contributed by atoms with Gasteiger partial charge >= 0.3 is 6.18 Å². The van der Waals surface area contributed by atoms with Crippen LogP contribution in [0.1, 0.15) is 38.5 Å². The second kappa shape index (κ2) is 4.55. The molecule has 0 spiro atoms. The Bertz CT molecular complexity index is 227. The fraction of sp³-hybridized carbons (Fsp3) is 1.00. The molecule has 2 saturated carbocycles. The summed E-state index contributed by atoms with van der Waals surface area (Å²) in [5.74, 6) is 1.97. The summed E-state index contributed by atoms with van der Waals surface area (Å²) in [6, 6.07) is 0.0784. The maximum atomic E-state index is 12.2. The molecule has 3 atom stereocenters. The molecular weight excluding hydrogens is 215 g/mol. The van der Waals surface area contributed by atoms with Gasteiger partial charge in [-0.15, -0.1) is 0 Å². The van der Waals surface area contributed by atoms with Crippen molar-refractivity contribution in [2.45, 2.75) is 50.7 Å². The fourth-order valence-corrected chi connectivity index (χ4v) is 3.49. The summed E-state index contributed by atoms with van der Waals surface area (Å²) in [7, 11) is 1.80. The van der Waals surface area contributed by atoms with Gasteiger partial charge in [-0.2, -0.15) is 13.2 Å². The highest BCUT2D eigenvalue weighted by atomic mass is 19.4. The van der Waals surface area contributed by atoms with E-state index in [4.69, 9.17) is 0 Å². The number of halogens is 3. The molecular formula is C12H20F3N. The van der Waals surface area contributed by atoms with Gasteiger partial charge in [-0.25, -0.2) is 0 Å². The van der Waals surface area contributed by atoms with Crippen molar-refractivity contribution in [3.05, 3.63) is 0 Å². The molecule has 2 aliphatic rings. The minimum absolute atomic E-state index is 0.0784. The highest BCUT2D eigenvalue weighted by Gasteiger charge is 2.53. The maximum Gasteiger partial charge on any atom is 0.389 e. The molecule has 0 bridgehead atoms. The lowest BCUT2D eigenvalue weighted by Crippen LogP contribution is -2.30. The number of hydrogen-bond acceptors (Lipinski definition) is 1. The van der Waals surface area contributed by atoms with Gasteiger partial charge in [0.05, 0.1) is 0 Å². The Morgan fingerprint density at radius 2 is 1.75 bits per heavy atom. The smallest absolute Gasteiger partial charge is 0.317 e. The molecule has 0 radical (unpaired) electrons. The van der Waals surface area contributed by atoms with Crippen LogP contribution in [0.2, 0.25) is 0 Å². The first-order valence-corrected chi connectivity index (χ1v) is 6.27. The van der Waals surface area contributed by atoms with Crippen molar-refractivity contribution in [1.29, 1.82) is 0 Å². The molecule has 0 aromatic rings. The first-order valence-electron chi connectivity index (χ1n) is 6.27. The van der Waals surface area contributed by atoms with E-state index in [2.05, 4.69) is 5.32 Å². The number of hydrogen-bond donors (Lipinski definition) is 1. The number of alkyl halides is 3. The van der Waals surface area contributed by atoms with Gasteiger partial charge in [-0.05, 0) is 44.1 Å². The normalized spacial score (nSPS) is 35.6. The third-order valence-electron chi connectivity index (χ3n) is 4.30. The molecule has 0 aliphatic heterocycles. The van der Waals surface area contributed by atoms with Crippen LogP contribution in [-0.4, -0.2) is 19.3 Å². The summed E-state index contributed by atoms with van der Waals surface area (Å²) in [4.78, 5) is 0. The van der Waals surface area contributed by atoms with Crippen molar-refractivity contribution in [3.63, 3.8) is 0 Å². The van der Waals surface area contributed by atoms with Crippen LogP contribution < -0.4 is 5.32 Å². The molecule has 1 nitrogen and oxygen atoms in total. The standard InChI is InChI=1S/C12H20F3N/c1-16-10(6-7-12(13,14)15)11-8-4-2-3-5-9(8)11/h8-11,16H,2-7H2,1H3. The SMILES string of the molecule is CNC(CCC(F)(F)F)C1C2CCCCC21. The van der Waals surface area contributed by atoms with E-state index in [1.54, 1.807) is 7.05 Å². The quantitative estimate of drug-likeness (QED) is 0.788. The zero-order valence-electron chi connectivity index (χ0n) is 9.69. The molecule has 4 heteroatoms. The molecule has 0 heterocycles. The van der Waals surface area contributed by atoms with Crippen molar-refractivity contribution in [2.75, 3.05) is 7.05 Å². The molecule has 0 aromatic heterocycles. The van der Waals surface area contributed by atoms with Crippen LogP contribution in [0.3, 0.4) is 0 Å². The largest absolute Gasteiger partial charge is 0.389 e. The average molecular weight is 235 g/mol. The van der Waals surface area contributed by atoms with Crippen molar-refractivity contribution in [1.82, 2.24) is 5.32 Å². The van der Waals surface area contributed by atoms with E-state index in [0.29, 0.717) is 5.92 Å². The third-order valence-corrected chi connectivity index (χ3v) is 4.30. The molecule has 94 valence electrons. The van der Waals surface area contributed by atoms with Gasteiger partial charge in [-0.1, -0.05) is 12.8 Å². The molecule has 16 heavy (non-hydrogen) atoms. The van der Waals surface area contributed by atoms with Gasteiger partial charge < -0.3 is 5.32 Å². The first kappa shape index (κ1) is 12.2. The van der Waals surface area contributed by atoms with E-state index in [-0.39, 0.29) is 12.5 Å². The zero-order chi connectivity index (χ0) is 11.8. The van der Waals surface area contributed by atoms with Crippen LogP contribution in [0.15, 0.2) is 0 Å². The van der Waals surface area contributed by atoms with Gasteiger partial charge in [-0.3, -0.25) is 0 Å². The van der Waals surface area contributed by atoms with E-state index < -0.39 is 12.6 Å². The Morgan fingerprint density at radius 3 is 2.19 bits per heavy atom. The topological polar surface area (TPSA) is 12.0 Å². The van der Waals surface area contributed by atoms with E-state index in [1.165, 1.54) is 25.7 Å². The van der Waals surface area contributed by atoms with Crippen LogP contribution in [0.5, 0.6) is 0 Å². The van der Waals surface area contributed by atoms with Crippen molar-refractivity contribution in [2.24, 2.45) is 17.8 Å². The van der Waals surface area contributed by atoms with E-state index in [9.17, 15) is 13.2 Å². The van der Waals surface area contributed by atoms with Crippen molar-refractivity contribution in [3.8, 4) is 0 Å². The third kappa shape index (κ3) is 2.70. The fourth-order valence-electron chi connectivity index (χ4n) is 3.49. The molecule has 1 N–H and O–H groups in total. The Kier molecular flexibility index (Phi) is 3.48.